The highest BCUT2D eigenvalue weighted by molar-refractivity contribution is 5.72. The second-order valence-corrected chi connectivity index (χ2v) is 5.50. The van der Waals surface area contributed by atoms with Gasteiger partial charge in [0.05, 0.1) is 5.69 Å². The first-order chi connectivity index (χ1) is 11.3. The first-order valence-corrected chi connectivity index (χ1v) is 7.79. The Balaban J connectivity index is 2.03. The molecule has 1 heterocycles. The number of hydrogen-bond donors (Lipinski definition) is 0. The lowest BCUT2D eigenvalue weighted by Gasteiger charge is -2.09. The summed E-state index contributed by atoms with van der Waals surface area (Å²) < 4.78 is 0. The first kappa shape index (κ1) is 15.0. The molecule has 3 aromatic rings. The molecular weight excluding hydrogens is 278 g/mol. The summed E-state index contributed by atoms with van der Waals surface area (Å²) in [6.45, 7) is 2.14. The van der Waals surface area contributed by atoms with Crippen LogP contribution in [0.1, 0.15) is 22.4 Å². The summed E-state index contributed by atoms with van der Waals surface area (Å²) >= 11 is 0. The number of benzene rings is 2. The lowest BCUT2D eigenvalue weighted by molar-refractivity contribution is 1.26. The molecule has 0 atom stereocenters. The van der Waals surface area contributed by atoms with Crippen LogP contribution in [-0.4, -0.2) is 4.98 Å². The van der Waals surface area contributed by atoms with Crippen molar-refractivity contribution in [1.29, 1.82) is 0 Å². The smallest absolute Gasteiger partial charge is 0.0706 e. The van der Waals surface area contributed by atoms with E-state index in [1.54, 1.807) is 6.20 Å². The minimum absolute atomic E-state index is 0.856. The molecule has 0 aliphatic heterocycles. The molecule has 1 aromatic heterocycles. The molecule has 0 aliphatic carbocycles. The highest BCUT2D eigenvalue weighted by Gasteiger charge is 2.05. The molecular formula is C22H19N. The number of nitrogens with zero attached hydrogens (tertiary/aromatic N) is 1. The van der Waals surface area contributed by atoms with E-state index in [-0.39, 0.29) is 0 Å². The van der Waals surface area contributed by atoms with Gasteiger partial charge in [-0.2, -0.15) is 0 Å². The second kappa shape index (κ2) is 7.40. The number of hydrogen-bond acceptors (Lipinski definition) is 1. The van der Waals surface area contributed by atoms with Crippen LogP contribution in [0, 0.1) is 6.92 Å². The number of rotatable bonds is 4. The molecule has 0 unspecified atom stereocenters. The van der Waals surface area contributed by atoms with Crippen molar-refractivity contribution in [3.05, 3.63) is 107 Å². The van der Waals surface area contributed by atoms with Gasteiger partial charge in [0.1, 0.15) is 0 Å². The maximum absolute atomic E-state index is 4.34. The molecule has 2 aromatic carbocycles. The van der Waals surface area contributed by atoms with Gasteiger partial charge in [0.25, 0.3) is 0 Å². The largest absolute Gasteiger partial charge is 0.256 e. The Bertz CT molecular complexity index is 826. The van der Waals surface area contributed by atoms with E-state index in [4.69, 9.17) is 0 Å². The van der Waals surface area contributed by atoms with Gasteiger partial charge in [-0.1, -0.05) is 60.7 Å². The van der Waals surface area contributed by atoms with Crippen LogP contribution in [0.25, 0.3) is 11.6 Å². The Morgan fingerprint density at radius 2 is 1.65 bits per heavy atom. The van der Waals surface area contributed by atoms with Gasteiger partial charge in [-0.3, -0.25) is 4.98 Å². The number of aromatic nitrogens is 1. The molecule has 1 nitrogen and oxygen atoms in total. The summed E-state index contributed by atoms with van der Waals surface area (Å²) in [6.07, 6.45) is 4.62. The average molecular weight is 297 g/mol. The molecule has 3 rings (SSSR count). The minimum atomic E-state index is 0.856. The Hall–Kier alpha value is -2.89. The van der Waals surface area contributed by atoms with Crippen molar-refractivity contribution in [2.75, 3.05) is 0 Å². The first-order valence-electron chi connectivity index (χ1n) is 7.79. The van der Waals surface area contributed by atoms with E-state index in [0.29, 0.717) is 0 Å². The zero-order chi connectivity index (χ0) is 15.9. The van der Waals surface area contributed by atoms with Gasteiger partial charge in [0, 0.05) is 24.3 Å². The number of pyridine rings is 1. The van der Waals surface area contributed by atoms with Gasteiger partial charge in [-0.15, -0.1) is 5.73 Å². The SMILES string of the molecule is Cc1ccccc1C(=C=Cc1ccccn1)Cc1ccccc1. The van der Waals surface area contributed by atoms with Crippen LogP contribution in [0.2, 0.25) is 0 Å². The molecule has 0 fully saturated rings. The summed E-state index contributed by atoms with van der Waals surface area (Å²) in [5.41, 5.74) is 9.36. The summed E-state index contributed by atoms with van der Waals surface area (Å²) in [5, 5.41) is 0. The predicted molar refractivity (Wildman–Crippen MR) is 96.9 cm³/mol. The Morgan fingerprint density at radius 1 is 0.913 bits per heavy atom. The maximum Gasteiger partial charge on any atom is 0.0706 e. The molecule has 0 N–H and O–H groups in total. The summed E-state index contributed by atoms with van der Waals surface area (Å²) in [5.74, 6) is 0. The molecule has 1 heteroatoms. The van der Waals surface area contributed by atoms with Crippen molar-refractivity contribution in [3.8, 4) is 0 Å². The van der Waals surface area contributed by atoms with Crippen molar-refractivity contribution in [2.24, 2.45) is 0 Å². The molecule has 0 saturated carbocycles. The van der Waals surface area contributed by atoms with E-state index in [0.717, 1.165) is 12.1 Å². The Labute approximate surface area is 137 Å². The zero-order valence-corrected chi connectivity index (χ0v) is 13.2. The fraction of sp³-hybridized carbons (Fsp3) is 0.0909. The van der Waals surface area contributed by atoms with E-state index < -0.39 is 0 Å². The van der Waals surface area contributed by atoms with Crippen LogP contribution in [0.4, 0.5) is 0 Å². The predicted octanol–water partition coefficient (Wildman–Crippen LogP) is 5.33. The molecule has 0 bridgehead atoms. The normalized spacial score (nSPS) is 9.96. The second-order valence-electron chi connectivity index (χ2n) is 5.50. The molecule has 0 amide bonds. The lowest BCUT2D eigenvalue weighted by Crippen LogP contribution is -1.92. The fourth-order valence-corrected chi connectivity index (χ4v) is 2.56. The van der Waals surface area contributed by atoms with E-state index in [9.17, 15) is 0 Å². The highest BCUT2D eigenvalue weighted by atomic mass is 14.6. The van der Waals surface area contributed by atoms with Gasteiger partial charge in [-0.05, 0) is 35.7 Å². The van der Waals surface area contributed by atoms with Crippen molar-refractivity contribution in [3.63, 3.8) is 0 Å². The van der Waals surface area contributed by atoms with Crippen LogP contribution >= 0.6 is 0 Å². The van der Waals surface area contributed by atoms with Gasteiger partial charge in [0.15, 0.2) is 0 Å². The number of aryl methyl sites for hydroxylation is 1. The van der Waals surface area contributed by atoms with Crippen molar-refractivity contribution < 1.29 is 0 Å². The summed E-state index contributed by atoms with van der Waals surface area (Å²) in [4.78, 5) is 4.34. The number of allylic oxidation sites excluding steroid dienone is 1. The van der Waals surface area contributed by atoms with E-state index in [1.807, 2.05) is 30.3 Å². The van der Waals surface area contributed by atoms with Crippen LogP contribution in [0.3, 0.4) is 0 Å². The molecule has 0 aliphatic rings. The van der Waals surface area contributed by atoms with Crippen molar-refractivity contribution in [2.45, 2.75) is 13.3 Å². The van der Waals surface area contributed by atoms with E-state index in [2.05, 4.69) is 66.2 Å². The Morgan fingerprint density at radius 3 is 2.39 bits per heavy atom. The highest BCUT2D eigenvalue weighted by Crippen LogP contribution is 2.22. The fourth-order valence-electron chi connectivity index (χ4n) is 2.56. The topological polar surface area (TPSA) is 12.9 Å². The molecule has 23 heavy (non-hydrogen) atoms. The standard InChI is InChI=1S/C22H19N/c1-18-9-5-6-13-22(18)20(17-19-10-3-2-4-11-19)14-15-21-12-7-8-16-23-21/h2-13,15-16H,17H2,1H3. The average Bonchev–Trinajstić information content (AvgIpc) is 2.61. The van der Waals surface area contributed by atoms with Crippen molar-refractivity contribution in [1.82, 2.24) is 4.98 Å². The van der Waals surface area contributed by atoms with Gasteiger partial charge in [-0.25, -0.2) is 0 Å². The third kappa shape index (κ3) is 4.06. The van der Waals surface area contributed by atoms with Crippen molar-refractivity contribution >= 4 is 11.6 Å². The quantitative estimate of drug-likeness (QED) is 0.593. The van der Waals surface area contributed by atoms with Gasteiger partial charge >= 0.3 is 0 Å². The molecule has 0 radical (unpaired) electrons. The van der Waals surface area contributed by atoms with E-state index in [1.165, 1.54) is 22.3 Å². The van der Waals surface area contributed by atoms with Crippen LogP contribution in [0.5, 0.6) is 0 Å². The lowest BCUT2D eigenvalue weighted by atomic mass is 9.95. The van der Waals surface area contributed by atoms with Crippen LogP contribution in [-0.2, 0) is 6.42 Å². The monoisotopic (exact) mass is 297 g/mol. The Kier molecular flexibility index (Phi) is 4.83. The molecule has 0 saturated heterocycles. The van der Waals surface area contributed by atoms with Crippen LogP contribution in [0.15, 0.2) is 84.7 Å². The zero-order valence-electron chi connectivity index (χ0n) is 13.2. The third-order valence-electron chi connectivity index (χ3n) is 3.78. The third-order valence-corrected chi connectivity index (χ3v) is 3.78. The maximum atomic E-state index is 4.34. The van der Waals surface area contributed by atoms with E-state index >= 15 is 0 Å². The minimum Gasteiger partial charge on any atom is -0.256 e. The van der Waals surface area contributed by atoms with Gasteiger partial charge in [0.2, 0.25) is 0 Å². The molecule has 0 spiro atoms. The summed E-state index contributed by atoms with van der Waals surface area (Å²) in [7, 11) is 0. The van der Waals surface area contributed by atoms with Crippen LogP contribution < -0.4 is 0 Å². The van der Waals surface area contributed by atoms with Gasteiger partial charge < -0.3 is 0 Å². The molecule has 112 valence electrons. The summed E-state index contributed by atoms with van der Waals surface area (Å²) in [6, 6.07) is 24.9.